The van der Waals surface area contributed by atoms with Gasteiger partial charge in [0.25, 0.3) is 0 Å². The summed E-state index contributed by atoms with van der Waals surface area (Å²) in [6.45, 7) is 0. The Balaban J connectivity index is 2.70. The van der Waals surface area contributed by atoms with Crippen LogP contribution in [0, 0.1) is 11.3 Å². The molecular formula is C9H7N3O. The summed E-state index contributed by atoms with van der Waals surface area (Å²) in [4.78, 5) is 7.05. The van der Waals surface area contributed by atoms with E-state index < -0.39 is 0 Å². The van der Waals surface area contributed by atoms with Crippen LogP contribution in [0.25, 0.3) is 11.0 Å². The first kappa shape index (κ1) is 7.62. The second kappa shape index (κ2) is 2.79. The van der Waals surface area contributed by atoms with Gasteiger partial charge in [-0.05, 0) is 0 Å². The van der Waals surface area contributed by atoms with Crippen molar-refractivity contribution in [2.45, 2.75) is 0 Å². The number of nitrogens with one attached hydrogen (secondary N) is 1. The molecule has 4 heteroatoms. The lowest BCUT2D eigenvalue weighted by Gasteiger charge is -1.97. The number of hydrogen-bond donors (Lipinski definition) is 1. The molecule has 0 aliphatic rings. The van der Waals surface area contributed by atoms with E-state index in [1.165, 1.54) is 0 Å². The van der Waals surface area contributed by atoms with Gasteiger partial charge in [0.2, 0.25) is 0 Å². The first-order valence-electron chi connectivity index (χ1n) is 3.76. The molecule has 0 radical (unpaired) electrons. The molecule has 0 atom stereocenters. The van der Waals surface area contributed by atoms with Crippen LogP contribution in [0.1, 0.15) is 5.56 Å². The lowest BCUT2D eigenvalue weighted by Crippen LogP contribution is -1.84. The van der Waals surface area contributed by atoms with Crippen LogP contribution < -0.4 is 4.74 Å². The van der Waals surface area contributed by atoms with Gasteiger partial charge in [0.1, 0.15) is 17.3 Å². The highest BCUT2D eigenvalue weighted by molar-refractivity contribution is 5.82. The number of H-pyrrole nitrogens is 1. The van der Waals surface area contributed by atoms with Crippen LogP contribution in [-0.4, -0.2) is 17.1 Å². The van der Waals surface area contributed by atoms with Crippen molar-refractivity contribution in [1.82, 2.24) is 9.97 Å². The maximum absolute atomic E-state index is 8.71. The van der Waals surface area contributed by atoms with E-state index in [4.69, 9.17) is 10.00 Å². The number of nitrogens with zero attached hydrogens (tertiary/aromatic N) is 2. The number of nitriles is 1. The van der Waals surface area contributed by atoms with Crippen LogP contribution in [0.3, 0.4) is 0 Å². The molecule has 0 spiro atoms. The van der Waals surface area contributed by atoms with Crippen molar-refractivity contribution < 1.29 is 4.74 Å². The Bertz CT molecular complexity index is 481. The van der Waals surface area contributed by atoms with Gasteiger partial charge < -0.3 is 9.72 Å². The van der Waals surface area contributed by atoms with Crippen molar-refractivity contribution in [3.63, 3.8) is 0 Å². The molecule has 0 amide bonds. The Kier molecular flexibility index (Phi) is 1.64. The number of methoxy groups -OCH3 is 1. The van der Waals surface area contributed by atoms with Crippen molar-refractivity contribution in [2.75, 3.05) is 7.11 Å². The van der Waals surface area contributed by atoms with Gasteiger partial charge >= 0.3 is 0 Å². The van der Waals surface area contributed by atoms with E-state index in [1.807, 2.05) is 6.07 Å². The monoisotopic (exact) mass is 173 g/mol. The van der Waals surface area contributed by atoms with Crippen molar-refractivity contribution in [3.8, 4) is 11.8 Å². The van der Waals surface area contributed by atoms with Crippen molar-refractivity contribution >= 4 is 11.0 Å². The Morgan fingerprint density at radius 1 is 1.62 bits per heavy atom. The molecule has 4 nitrogen and oxygen atoms in total. The molecule has 13 heavy (non-hydrogen) atoms. The van der Waals surface area contributed by atoms with Crippen LogP contribution in [-0.2, 0) is 0 Å². The van der Waals surface area contributed by atoms with Crippen molar-refractivity contribution in [2.24, 2.45) is 0 Å². The molecule has 0 bridgehead atoms. The second-order valence-electron chi connectivity index (χ2n) is 2.59. The SMILES string of the molecule is COc1cnc2c(C#N)c[nH]c2c1. The van der Waals surface area contributed by atoms with E-state index in [2.05, 4.69) is 16.0 Å². The van der Waals surface area contributed by atoms with Gasteiger partial charge in [-0.1, -0.05) is 0 Å². The van der Waals surface area contributed by atoms with E-state index in [0.29, 0.717) is 16.8 Å². The maximum atomic E-state index is 8.71. The van der Waals surface area contributed by atoms with E-state index in [9.17, 15) is 0 Å². The molecule has 2 rings (SSSR count). The van der Waals surface area contributed by atoms with Gasteiger partial charge in [0, 0.05) is 12.3 Å². The zero-order valence-corrected chi connectivity index (χ0v) is 7.03. The summed E-state index contributed by atoms with van der Waals surface area (Å²) in [5, 5.41) is 8.71. The molecule has 0 aliphatic carbocycles. The lowest BCUT2D eigenvalue weighted by molar-refractivity contribution is 0.413. The Morgan fingerprint density at radius 3 is 3.15 bits per heavy atom. The largest absolute Gasteiger partial charge is 0.495 e. The fourth-order valence-corrected chi connectivity index (χ4v) is 1.19. The quantitative estimate of drug-likeness (QED) is 0.709. The third-order valence-corrected chi connectivity index (χ3v) is 1.85. The Morgan fingerprint density at radius 2 is 2.46 bits per heavy atom. The normalized spacial score (nSPS) is 9.85. The zero-order chi connectivity index (χ0) is 9.26. The fraction of sp³-hybridized carbons (Fsp3) is 0.111. The average molecular weight is 173 g/mol. The van der Waals surface area contributed by atoms with Gasteiger partial charge in [0.15, 0.2) is 0 Å². The molecule has 0 saturated heterocycles. The Hall–Kier alpha value is -2.02. The number of ether oxygens (including phenoxy) is 1. The van der Waals surface area contributed by atoms with Crippen LogP contribution in [0.2, 0.25) is 0 Å². The number of aromatic nitrogens is 2. The molecule has 1 N–H and O–H groups in total. The van der Waals surface area contributed by atoms with Crippen LogP contribution >= 0.6 is 0 Å². The lowest BCUT2D eigenvalue weighted by atomic mass is 10.3. The van der Waals surface area contributed by atoms with Crippen molar-refractivity contribution in [1.29, 1.82) is 5.26 Å². The molecule has 0 aromatic carbocycles. The fourth-order valence-electron chi connectivity index (χ4n) is 1.19. The molecule has 2 aromatic rings. The third kappa shape index (κ3) is 1.11. The van der Waals surface area contributed by atoms with E-state index in [1.54, 1.807) is 19.5 Å². The summed E-state index contributed by atoms with van der Waals surface area (Å²) in [5.74, 6) is 0.679. The predicted molar refractivity (Wildman–Crippen MR) is 47.4 cm³/mol. The maximum Gasteiger partial charge on any atom is 0.139 e. The smallest absolute Gasteiger partial charge is 0.139 e. The minimum Gasteiger partial charge on any atom is -0.495 e. The summed E-state index contributed by atoms with van der Waals surface area (Å²) in [5.41, 5.74) is 2.05. The molecule has 2 aromatic heterocycles. The topological polar surface area (TPSA) is 61.7 Å². The molecule has 0 aliphatic heterocycles. The molecule has 64 valence electrons. The van der Waals surface area contributed by atoms with Gasteiger partial charge in [-0.3, -0.25) is 0 Å². The van der Waals surface area contributed by atoms with Gasteiger partial charge in [-0.15, -0.1) is 0 Å². The summed E-state index contributed by atoms with van der Waals surface area (Å²) in [6.07, 6.45) is 3.23. The minimum absolute atomic E-state index is 0.553. The molecule has 0 saturated carbocycles. The van der Waals surface area contributed by atoms with Gasteiger partial charge in [0.05, 0.1) is 24.4 Å². The van der Waals surface area contributed by atoms with Crippen LogP contribution in [0.4, 0.5) is 0 Å². The molecule has 0 unspecified atom stereocenters. The van der Waals surface area contributed by atoms with Gasteiger partial charge in [-0.2, -0.15) is 5.26 Å². The predicted octanol–water partition coefficient (Wildman–Crippen LogP) is 1.44. The number of aromatic amines is 1. The standard InChI is InChI=1S/C9H7N3O/c1-13-7-2-8-9(12-5-7)6(3-10)4-11-8/h2,4-5,11H,1H3. The van der Waals surface area contributed by atoms with Crippen molar-refractivity contribution in [3.05, 3.63) is 24.0 Å². The first-order chi connectivity index (χ1) is 6.35. The van der Waals surface area contributed by atoms with E-state index in [-0.39, 0.29) is 0 Å². The molecular weight excluding hydrogens is 166 g/mol. The van der Waals surface area contributed by atoms with Crippen LogP contribution in [0.15, 0.2) is 18.5 Å². The van der Waals surface area contributed by atoms with E-state index >= 15 is 0 Å². The molecule has 0 fully saturated rings. The number of pyridine rings is 1. The first-order valence-corrected chi connectivity index (χ1v) is 3.76. The summed E-state index contributed by atoms with van der Waals surface area (Å²) < 4.78 is 5.00. The molecule has 2 heterocycles. The Labute approximate surface area is 74.8 Å². The van der Waals surface area contributed by atoms with Gasteiger partial charge in [-0.25, -0.2) is 4.98 Å². The highest BCUT2D eigenvalue weighted by atomic mass is 16.5. The summed E-state index contributed by atoms with van der Waals surface area (Å²) in [6, 6.07) is 3.86. The minimum atomic E-state index is 0.553. The third-order valence-electron chi connectivity index (χ3n) is 1.85. The van der Waals surface area contributed by atoms with Crippen LogP contribution in [0.5, 0.6) is 5.75 Å². The zero-order valence-electron chi connectivity index (χ0n) is 7.03. The second-order valence-corrected chi connectivity index (χ2v) is 2.59. The van der Waals surface area contributed by atoms with E-state index in [0.717, 1.165) is 5.52 Å². The number of hydrogen-bond acceptors (Lipinski definition) is 3. The number of fused-ring (bicyclic) bond motifs is 1. The summed E-state index contributed by atoms with van der Waals surface area (Å²) >= 11 is 0. The number of rotatable bonds is 1. The highest BCUT2D eigenvalue weighted by Crippen LogP contribution is 2.19. The summed E-state index contributed by atoms with van der Waals surface area (Å²) in [7, 11) is 1.58. The highest BCUT2D eigenvalue weighted by Gasteiger charge is 2.04. The average Bonchev–Trinajstić information content (AvgIpc) is 2.59.